The summed E-state index contributed by atoms with van der Waals surface area (Å²) in [5.74, 6) is 0.782. The minimum Gasteiger partial charge on any atom is -0.427 e. The fraction of sp³-hybridized carbons (Fsp3) is 0.263. The molecular weight excluding hydrogens is 288 g/mol. The van der Waals surface area contributed by atoms with Gasteiger partial charge in [0.1, 0.15) is 5.39 Å². The average Bonchev–Trinajstić information content (AvgIpc) is 3.28. The maximum Gasteiger partial charge on any atom is 0.401 e. The van der Waals surface area contributed by atoms with Crippen LogP contribution in [0.4, 0.5) is 0 Å². The molecule has 114 valence electrons. The highest BCUT2D eigenvalue weighted by atomic mass is 16.5. The van der Waals surface area contributed by atoms with Crippen LogP contribution in [0.25, 0.3) is 10.8 Å². The molecule has 4 nitrogen and oxygen atoms in total. The smallest absolute Gasteiger partial charge is 0.401 e. The van der Waals surface area contributed by atoms with Crippen molar-refractivity contribution in [3.05, 3.63) is 70.0 Å². The van der Waals surface area contributed by atoms with Crippen molar-refractivity contribution < 1.29 is 9.42 Å². The van der Waals surface area contributed by atoms with Crippen LogP contribution >= 0.6 is 0 Å². The van der Waals surface area contributed by atoms with E-state index in [2.05, 4.69) is 36.3 Å². The number of fused-ring (bicyclic) bond motifs is 4. The summed E-state index contributed by atoms with van der Waals surface area (Å²) in [6.07, 6.45) is 2.01. The van der Waals surface area contributed by atoms with Crippen molar-refractivity contribution in [1.82, 2.24) is 5.10 Å². The molecule has 2 aromatic carbocycles. The second-order valence-corrected chi connectivity index (χ2v) is 6.64. The van der Waals surface area contributed by atoms with E-state index in [1.165, 1.54) is 11.1 Å². The monoisotopic (exact) mass is 305 g/mol. The van der Waals surface area contributed by atoms with Crippen LogP contribution in [0.15, 0.2) is 53.3 Å². The molecule has 1 unspecified atom stereocenters. The first-order valence-corrected chi connectivity index (χ1v) is 8.00. The number of nitrogens with one attached hydrogen (secondary N) is 1. The minimum atomic E-state index is -0.133. The highest BCUT2D eigenvalue weighted by Gasteiger charge is 2.68. The van der Waals surface area contributed by atoms with Crippen molar-refractivity contribution >= 4 is 10.8 Å². The normalized spacial score (nSPS) is 20.5. The lowest BCUT2D eigenvalue weighted by Crippen LogP contribution is -2.51. The van der Waals surface area contributed by atoms with E-state index < -0.39 is 0 Å². The molecule has 1 saturated carbocycles. The Bertz CT molecular complexity index is 1000. The number of nitrogens with zero attached hydrogens (tertiary/aromatic N) is 1. The lowest BCUT2D eigenvalue weighted by atomic mass is 9.99. The van der Waals surface area contributed by atoms with Gasteiger partial charge in [0.15, 0.2) is 6.10 Å². The molecule has 0 bridgehead atoms. The third kappa shape index (κ3) is 1.66. The van der Waals surface area contributed by atoms with E-state index >= 15 is 0 Å². The first kappa shape index (κ1) is 12.9. The largest absolute Gasteiger partial charge is 0.427 e. The van der Waals surface area contributed by atoms with Gasteiger partial charge in [-0.2, -0.15) is 0 Å². The lowest BCUT2D eigenvalue weighted by Gasteiger charge is -2.12. The summed E-state index contributed by atoms with van der Waals surface area (Å²) in [4.78, 5) is 12.4. The first-order chi connectivity index (χ1) is 11.2. The quantitative estimate of drug-likeness (QED) is 0.703. The number of rotatable bonds is 1. The molecule has 1 atom stereocenters. The Morgan fingerprint density at radius 1 is 1.13 bits per heavy atom. The van der Waals surface area contributed by atoms with E-state index in [0.717, 1.165) is 24.1 Å². The molecule has 0 radical (unpaired) electrons. The summed E-state index contributed by atoms with van der Waals surface area (Å²) in [6, 6.07) is 16.1. The van der Waals surface area contributed by atoms with Crippen LogP contribution in [0.3, 0.4) is 0 Å². The van der Waals surface area contributed by atoms with Crippen molar-refractivity contribution in [3.63, 3.8) is 0 Å². The fourth-order valence-electron chi connectivity index (χ4n) is 3.79. The number of hydrogen-bond donors (Lipinski definition) is 1. The van der Waals surface area contributed by atoms with Crippen LogP contribution in [0.2, 0.25) is 0 Å². The standard InChI is InChI=1S/C19H16N2O2/c1-12-5-4-6-13(11-12)16-19(9-10-19)21-18(23-16)15-8-3-2-7-14(15)17(22)20-21/h2-8,11,16H,9-10H2,1H3/p+1. The summed E-state index contributed by atoms with van der Waals surface area (Å²) in [5, 5.41) is 4.60. The van der Waals surface area contributed by atoms with E-state index in [1.54, 1.807) is 0 Å². The molecule has 0 saturated heterocycles. The zero-order valence-electron chi connectivity index (χ0n) is 12.9. The molecular formula is C19H17N2O2+. The molecule has 1 fully saturated rings. The van der Waals surface area contributed by atoms with Crippen molar-refractivity contribution in [1.29, 1.82) is 0 Å². The molecule has 2 heterocycles. The Morgan fingerprint density at radius 3 is 2.65 bits per heavy atom. The molecule has 4 heteroatoms. The molecule has 2 aliphatic rings. The highest BCUT2D eigenvalue weighted by molar-refractivity contribution is 5.84. The number of aromatic nitrogens is 2. The van der Waals surface area contributed by atoms with E-state index in [4.69, 9.17) is 4.74 Å². The van der Waals surface area contributed by atoms with Crippen molar-refractivity contribution in [2.75, 3.05) is 0 Å². The fourth-order valence-corrected chi connectivity index (χ4v) is 3.79. The zero-order valence-corrected chi connectivity index (χ0v) is 12.9. The average molecular weight is 305 g/mol. The summed E-state index contributed by atoms with van der Waals surface area (Å²) in [6.45, 7) is 2.09. The SMILES string of the molecule is Cc1cccc(C2Oc3c4ccccc4c(=O)[nH][n+]3C23CC3)c1. The first-order valence-electron chi connectivity index (χ1n) is 8.00. The van der Waals surface area contributed by atoms with Gasteiger partial charge in [0.05, 0.1) is 5.39 Å². The summed E-state index contributed by atoms with van der Waals surface area (Å²) in [7, 11) is 0. The molecule has 3 aromatic rings. The van der Waals surface area contributed by atoms with Gasteiger partial charge in [0.2, 0.25) is 5.54 Å². The van der Waals surface area contributed by atoms with Gasteiger partial charge in [-0.3, -0.25) is 4.79 Å². The molecule has 0 amide bonds. The second-order valence-electron chi connectivity index (χ2n) is 6.64. The van der Waals surface area contributed by atoms with Gasteiger partial charge in [-0.1, -0.05) is 46.6 Å². The van der Waals surface area contributed by atoms with Crippen LogP contribution in [-0.4, -0.2) is 5.10 Å². The van der Waals surface area contributed by atoms with Gasteiger partial charge < -0.3 is 4.74 Å². The van der Waals surface area contributed by atoms with Crippen molar-refractivity contribution in [3.8, 4) is 5.88 Å². The maximum atomic E-state index is 12.4. The molecule has 23 heavy (non-hydrogen) atoms. The van der Waals surface area contributed by atoms with Gasteiger partial charge in [-0.05, 0) is 19.1 Å². The Morgan fingerprint density at radius 2 is 1.91 bits per heavy atom. The van der Waals surface area contributed by atoms with Crippen molar-refractivity contribution in [2.24, 2.45) is 0 Å². The number of benzene rings is 2. The summed E-state index contributed by atoms with van der Waals surface area (Å²) in [5.41, 5.74) is 2.22. The lowest BCUT2D eigenvalue weighted by molar-refractivity contribution is -0.778. The number of aryl methyl sites for hydroxylation is 1. The third-order valence-electron chi connectivity index (χ3n) is 5.09. The number of ether oxygens (including phenoxy) is 1. The molecule has 1 aliphatic carbocycles. The van der Waals surface area contributed by atoms with Gasteiger partial charge in [0.25, 0.3) is 0 Å². The van der Waals surface area contributed by atoms with E-state index in [0.29, 0.717) is 5.39 Å². The Labute approximate surface area is 133 Å². The number of H-pyrrole nitrogens is 1. The van der Waals surface area contributed by atoms with Gasteiger partial charge >= 0.3 is 11.4 Å². The van der Waals surface area contributed by atoms with E-state index in [1.807, 2.05) is 28.9 Å². The number of hydrogen-bond acceptors (Lipinski definition) is 2. The molecule has 1 aliphatic heterocycles. The predicted molar refractivity (Wildman–Crippen MR) is 86.5 cm³/mol. The molecule has 5 rings (SSSR count). The van der Waals surface area contributed by atoms with Crippen LogP contribution in [0.5, 0.6) is 5.88 Å². The van der Waals surface area contributed by atoms with Crippen LogP contribution in [0, 0.1) is 6.92 Å². The van der Waals surface area contributed by atoms with Crippen LogP contribution < -0.4 is 15.0 Å². The maximum absolute atomic E-state index is 12.4. The topological polar surface area (TPSA) is 46.0 Å². The van der Waals surface area contributed by atoms with Gasteiger partial charge in [0, 0.05) is 18.4 Å². The van der Waals surface area contributed by atoms with Gasteiger partial charge in [-0.15, -0.1) is 5.10 Å². The van der Waals surface area contributed by atoms with Crippen LogP contribution in [0.1, 0.15) is 30.1 Å². The van der Waals surface area contributed by atoms with Gasteiger partial charge in [-0.25, -0.2) is 0 Å². The number of aromatic amines is 1. The Balaban J connectivity index is 1.75. The predicted octanol–water partition coefficient (Wildman–Crippen LogP) is 2.75. The van der Waals surface area contributed by atoms with Crippen LogP contribution in [-0.2, 0) is 5.54 Å². The second kappa shape index (κ2) is 4.22. The Hall–Kier alpha value is -2.62. The molecule has 1 spiro atoms. The minimum absolute atomic E-state index is 0.0381. The molecule has 1 aromatic heterocycles. The summed E-state index contributed by atoms with van der Waals surface area (Å²) < 4.78 is 8.36. The molecule has 1 N–H and O–H groups in total. The third-order valence-corrected chi connectivity index (χ3v) is 5.09. The van der Waals surface area contributed by atoms with E-state index in [-0.39, 0.29) is 17.2 Å². The Kier molecular flexibility index (Phi) is 2.36. The highest BCUT2D eigenvalue weighted by Crippen LogP contribution is 2.55. The summed E-state index contributed by atoms with van der Waals surface area (Å²) >= 11 is 0. The zero-order chi connectivity index (χ0) is 15.6. The van der Waals surface area contributed by atoms with E-state index in [9.17, 15) is 4.79 Å². The van der Waals surface area contributed by atoms with Crippen molar-refractivity contribution in [2.45, 2.75) is 31.4 Å².